The molecule has 1 aromatic carbocycles. The Labute approximate surface area is 116 Å². The molecule has 0 aliphatic rings. The molecule has 0 aliphatic carbocycles. The third-order valence-electron chi connectivity index (χ3n) is 2.74. The highest BCUT2D eigenvalue weighted by Gasteiger charge is 2.14. The molecule has 102 valence electrons. The van der Waals surface area contributed by atoms with E-state index in [2.05, 4.69) is 4.98 Å². The van der Waals surface area contributed by atoms with E-state index in [-0.39, 0.29) is 4.90 Å². The maximum atomic E-state index is 11.5. The van der Waals surface area contributed by atoms with Gasteiger partial charge in [-0.15, -0.1) is 11.3 Å². The molecule has 0 fully saturated rings. The van der Waals surface area contributed by atoms with Crippen molar-refractivity contribution in [2.24, 2.45) is 0 Å². The highest BCUT2D eigenvalue weighted by Crippen LogP contribution is 2.22. The van der Waals surface area contributed by atoms with Gasteiger partial charge in [0.05, 0.1) is 21.7 Å². The molecule has 19 heavy (non-hydrogen) atoms. The minimum absolute atomic E-state index is 0.221. The first-order valence-electron chi connectivity index (χ1n) is 5.75. The van der Waals surface area contributed by atoms with Crippen molar-refractivity contribution in [3.8, 4) is 0 Å². The number of aromatic nitrogens is 1. The number of thiazole rings is 1. The zero-order chi connectivity index (χ0) is 14.0. The molecule has 1 atom stereocenters. The summed E-state index contributed by atoms with van der Waals surface area (Å²) < 4.78 is 23.0. The van der Waals surface area contributed by atoms with Crippen LogP contribution in [0.4, 0.5) is 0 Å². The van der Waals surface area contributed by atoms with E-state index in [0.29, 0.717) is 12.0 Å². The molecular weight excluding hydrogens is 282 g/mol. The Bertz CT molecular complexity index is 677. The molecule has 1 heterocycles. The van der Waals surface area contributed by atoms with Crippen LogP contribution in [0, 0.1) is 6.92 Å². The summed E-state index contributed by atoms with van der Waals surface area (Å²) >= 11 is 1.53. The van der Waals surface area contributed by atoms with Crippen LogP contribution in [0.25, 0.3) is 0 Å². The zero-order valence-electron chi connectivity index (χ0n) is 10.7. The molecule has 2 rings (SSSR count). The van der Waals surface area contributed by atoms with E-state index in [9.17, 15) is 13.5 Å². The first-order chi connectivity index (χ1) is 8.86. The number of benzene rings is 1. The summed E-state index contributed by atoms with van der Waals surface area (Å²) in [5.41, 5.74) is 1.41. The van der Waals surface area contributed by atoms with Gasteiger partial charge in [-0.25, -0.2) is 13.4 Å². The van der Waals surface area contributed by atoms with Gasteiger partial charge >= 0.3 is 0 Å². The van der Waals surface area contributed by atoms with Gasteiger partial charge in [-0.3, -0.25) is 0 Å². The van der Waals surface area contributed by atoms with Gasteiger partial charge in [0, 0.05) is 18.1 Å². The van der Waals surface area contributed by atoms with Crippen LogP contribution < -0.4 is 0 Å². The van der Waals surface area contributed by atoms with E-state index < -0.39 is 15.9 Å². The third-order valence-corrected chi connectivity index (χ3v) is 4.67. The maximum Gasteiger partial charge on any atom is 0.175 e. The SMILES string of the molecule is Cc1nc(CC(O)c2cccc(S(C)(=O)=O)c2)cs1. The Hall–Kier alpha value is -1.24. The smallest absolute Gasteiger partial charge is 0.175 e. The molecule has 0 radical (unpaired) electrons. The number of hydrogen-bond acceptors (Lipinski definition) is 5. The third kappa shape index (κ3) is 3.62. The molecule has 2 aromatic rings. The second-order valence-electron chi connectivity index (χ2n) is 4.42. The zero-order valence-corrected chi connectivity index (χ0v) is 12.3. The van der Waals surface area contributed by atoms with Crippen LogP contribution in [0.15, 0.2) is 34.5 Å². The average Bonchev–Trinajstić information content (AvgIpc) is 2.74. The van der Waals surface area contributed by atoms with Crippen LogP contribution in [0.2, 0.25) is 0 Å². The number of aliphatic hydroxyl groups excluding tert-OH is 1. The van der Waals surface area contributed by atoms with Gasteiger partial charge < -0.3 is 5.11 Å². The Morgan fingerprint density at radius 3 is 2.74 bits per heavy atom. The average molecular weight is 297 g/mol. The van der Waals surface area contributed by atoms with E-state index in [1.807, 2.05) is 12.3 Å². The minimum atomic E-state index is -3.25. The second kappa shape index (κ2) is 5.40. The van der Waals surface area contributed by atoms with Gasteiger partial charge in [-0.2, -0.15) is 0 Å². The number of aliphatic hydroxyl groups is 1. The maximum absolute atomic E-state index is 11.5. The predicted octanol–water partition coefficient (Wildman–Crippen LogP) is 2.13. The van der Waals surface area contributed by atoms with Gasteiger partial charge in [0.25, 0.3) is 0 Å². The Balaban J connectivity index is 2.22. The van der Waals surface area contributed by atoms with Gasteiger partial charge in [0.2, 0.25) is 0 Å². The Morgan fingerprint density at radius 2 is 2.16 bits per heavy atom. The lowest BCUT2D eigenvalue weighted by Gasteiger charge is -2.10. The summed E-state index contributed by atoms with van der Waals surface area (Å²) in [6.07, 6.45) is 0.794. The lowest BCUT2D eigenvalue weighted by Crippen LogP contribution is -2.04. The molecule has 0 saturated heterocycles. The predicted molar refractivity (Wildman–Crippen MR) is 75.1 cm³/mol. The van der Waals surface area contributed by atoms with Gasteiger partial charge in [-0.1, -0.05) is 12.1 Å². The summed E-state index contributed by atoms with van der Waals surface area (Å²) in [7, 11) is -3.25. The summed E-state index contributed by atoms with van der Waals surface area (Å²) in [6, 6.07) is 6.40. The van der Waals surface area contributed by atoms with Crippen LogP contribution >= 0.6 is 11.3 Å². The van der Waals surface area contributed by atoms with Gasteiger partial charge in [-0.05, 0) is 24.6 Å². The number of rotatable bonds is 4. The van der Waals surface area contributed by atoms with E-state index in [0.717, 1.165) is 17.0 Å². The molecule has 6 heteroatoms. The highest BCUT2D eigenvalue weighted by atomic mass is 32.2. The van der Waals surface area contributed by atoms with Crippen molar-refractivity contribution in [2.75, 3.05) is 6.26 Å². The first-order valence-corrected chi connectivity index (χ1v) is 8.52. The van der Waals surface area contributed by atoms with E-state index in [1.54, 1.807) is 12.1 Å². The van der Waals surface area contributed by atoms with Crippen LogP contribution in [-0.2, 0) is 16.3 Å². The largest absolute Gasteiger partial charge is 0.388 e. The summed E-state index contributed by atoms with van der Waals surface area (Å²) in [5, 5.41) is 13.0. The second-order valence-corrected chi connectivity index (χ2v) is 7.50. The van der Waals surface area contributed by atoms with Crippen molar-refractivity contribution < 1.29 is 13.5 Å². The first kappa shape index (κ1) is 14.2. The number of aryl methyl sites for hydroxylation is 1. The van der Waals surface area contributed by atoms with Crippen molar-refractivity contribution in [3.63, 3.8) is 0 Å². The monoisotopic (exact) mass is 297 g/mol. The molecule has 0 spiro atoms. The molecule has 1 aromatic heterocycles. The van der Waals surface area contributed by atoms with E-state index in [1.165, 1.54) is 23.5 Å². The fourth-order valence-corrected chi connectivity index (χ4v) is 3.07. The fraction of sp³-hybridized carbons (Fsp3) is 0.308. The van der Waals surface area contributed by atoms with E-state index in [4.69, 9.17) is 0 Å². The van der Waals surface area contributed by atoms with Crippen molar-refractivity contribution >= 4 is 21.2 Å². The van der Waals surface area contributed by atoms with Gasteiger partial charge in [0.1, 0.15) is 0 Å². The van der Waals surface area contributed by atoms with Crippen molar-refractivity contribution in [2.45, 2.75) is 24.3 Å². The Kier molecular flexibility index (Phi) is 4.03. The quantitative estimate of drug-likeness (QED) is 0.939. The molecule has 0 bridgehead atoms. The molecule has 0 aliphatic heterocycles. The Morgan fingerprint density at radius 1 is 1.42 bits per heavy atom. The lowest BCUT2D eigenvalue weighted by atomic mass is 10.1. The van der Waals surface area contributed by atoms with Crippen LogP contribution in [-0.4, -0.2) is 24.8 Å². The van der Waals surface area contributed by atoms with Gasteiger partial charge in [0.15, 0.2) is 9.84 Å². The number of sulfone groups is 1. The minimum Gasteiger partial charge on any atom is -0.388 e. The van der Waals surface area contributed by atoms with E-state index >= 15 is 0 Å². The molecule has 1 unspecified atom stereocenters. The van der Waals surface area contributed by atoms with Crippen molar-refractivity contribution in [1.29, 1.82) is 0 Å². The van der Waals surface area contributed by atoms with Crippen LogP contribution in [0.3, 0.4) is 0 Å². The molecule has 1 N–H and O–H groups in total. The molecule has 0 saturated carbocycles. The topological polar surface area (TPSA) is 67.3 Å². The standard InChI is InChI=1S/C13H15NO3S2/c1-9-14-11(8-18-9)7-13(15)10-4-3-5-12(6-10)19(2,16)17/h3-6,8,13,15H,7H2,1-2H3. The fourth-order valence-electron chi connectivity index (χ4n) is 1.77. The molecular formula is C13H15NO3S2. The highest BCUT2D eigenvalue weighted by molar-refractivity contribution is 7.90. The lowest BCUT2D eigenvalue weighted by molar-refractivity contribution is 0.177. The van der Waals surface area contributed by atoms with Crippen molar-refractivity contribution in [1.82, 2.24) is 4.98 Å². The number of nitrogens with zero attached hydrogens (tertiary/aromatic N) is 1. The summed E-state index contributed by atoms with van der Waals surface area (Å²) in [5.74, 6) is 0. The summed E-state index contributed by atoms with van der Waals surface area (Å²) in [6.45, 7) is 1.91. The van der Waals surface area contributed by atoms with Crippen molar-refractivity contribution in [3.05, 3.63) is 45.9 Å². The molecule has 4 nitrogen and oxygen atoms in total. The van der Waals surface area contributed by atoms with Crippen LogP contribution in [0.1, 0.15) is 22.4 Å². The number of hydrogen-bond donors (Lipinski definition) is 1. The normalized spacial score (nSPS) is 13.4. The van der Waals surface area contributed by atoms with Crippen LogP contribution in [0.5, 0.6) is 0 Å². The summed E-state index contributed by atoms with van der Waals surface area (Å²) in [4.78, 5) is 4.51. The molecule has 0 amide bonds.